The Labute approximate surface area is 156 Å². The lowest BCUT2D eigenvalue weighted by molar-refractivity contribution is -0.456. The predicted molar refractivity (Wildman–Crippen MR) is 111 cm³/mol. The Kier molecular flexibility index (Phi) is 4.01. The van der Waals surface area contributed by atoms with Crippen LogP contribution in [0.3, 0.4) is 0 Å². The second-order valence-corrected chi connectivity index (χ2v) is 7.57. The fourth-order valence-electron chi connectivity index (χ4n) is 4.17. The van der Waals surface area contributed by atoms with Crippen LogP contribution in [0.1, 0.15) is 22.3 Å². The molecule has 0 spiro atoms. The van der Waals surface area contributed by atoms with Gasteiger partial charge < -0.3 is 0 Å². The van der Waals surface area contributed by atoms with Crippen LogP contribution in [-0.4, -0.2) is 24.5 Å². The Morgan fingerprint density at radius 3 is 2.19 bits per heavy atom. The first-order valence-electron chi connectivity index (χ1n) is 9.19. The first-order chi connectivity index (χ1) is 12.5. The van der Waals surface area contributed by atoms with Crippen molar-refractivity contribution in [1.29, 1.82) is 0 Å². The number of para-hydroxylation sites is 2. The Hall–Kier alpha value is -2.71. The van der Waals surface area contributed by atoms with E-state index in [4.69, 9.17) is 0 Å². The van der Waals surface area contributed by atoms with Gasteiger partial charge in [-0.2, -0.15) is 0 Å². The van der Waals surface area contributed by atoms with Gasteiger partial charge in [-0.3, -0.25) is 0 Å². The summed E-state index contributed by atoms with van der Waals surface area (Å²) in [7, 11) is 2.33. The highest BCUT2D eigenvalue weighted by atomic mass is 15.4. The molecule has 1 unspecified atom stereocenters. The summed E-state index contributed by atoms with van der Waals surface area (Å²) in [5.74, 6) is 0. The van der Waals surface area contributed by atoms with Gasteiger partial charge in [0.05, 0.1) is 7.05 Å². The quantitative estimate of drug-likeness (QED) is 0.420. The van der Waals surface area contributed by atoms with E-state index >= 15 is 0 Å². The van der Waals surface area contributed by atoms with Gasteiger partial charge in [-0.1, -0.05) is 42.5 Å². The van der Waals surface area contributed by atoms with Crippen LogP contribution >= 0.6 is 0 Å². The normalized spacial score (nSPS) is 19.0. The van der Waals surface area contributed by atoms with Crippen molar-refractivity contribution in [3.63, 3.8) is 0 Å². The smallest absolute Gasteiger partial charge is 0.205 e. The van der Waals surface area contributed by atoms with Crippen molar-refractivity contribution in [3.8, 4) is 0 Å². The van der Waals surface area contributed by atoms with Gasteiger partial charge in [-0.25, -0.2) is 4.48 Å². The second kappa shape index (κ2) is 6.22. The third-order valence-corrected chi connectivity index (χ3v) is 5.52. The maximum atomic E-state index is 2.41. The first-order valence-corrected chi connectivity index (χ1v) is 9.19. The summed E-state index contributed by atoms with van der Waals surface area (Å²) in [5, 5.41) is 0. The van der Waals surface area contributed by atoms with Gasteiger partial charge in [-0.05, 0) is 32.4 Å². The van der Waals surface area contributed by atoms with E-state index in [-0.39, 0.29) is 0 Å². The summed E-state index contributed by atoms with van der Waals surface area (Å²) < 4.78 is 3.18. The third kappa shape index (κ3) is 2.67. The van der Waals surface area contributed by atoms with E-state index in [0.29, 0.717) is 0 Å². The lowest BCUT2D eigenvalue weighted by Crippen LogP contribution is -2.48. The molecule has 3 aromatic rings. The lowest BCUT2D eigenvalue weighted by Gasteiger charge is -2.35. The van der Waals surface area contributed by atoms with Crippen LogP contribution in [0, 0.1) is 20.8 Å². The number of rotatable bonds is 2. The number of hydrogen-bond acceptors (Lipinski definition) is 0. The molecule has 0 N–H and O–H groups in total. The van der Waals surface area contributed by atoms with Crippen LogP contribution in [-0.2, 0) is 0 Å². The van der Waals surface area contributed by atoms with Crippen LogP contribution in [0.15, 0.2) is 66.7 Å². The average Bonchev–Trinajstić information content (AvgIpc) is 2.62. The Morgan fingerprint density at radius 2 is 1.46 bits per heavy atom. The summed E-state index contributed by atoms with van der Waals surface area (Å²) in [4.78, 5) is 0. The SMILES string of the molecule is Cc1ccc2c(c1)C=[N+](c1ccccc1C)C[N+]2(C)c1ccccc1C. The molecule has 0 saturated heterocycles. The highest BCUT2D eigenvalue weighted by Crippen LogP contribution is 2.40. The molecule has 130 valence electrons. The molecule has 26 heavy (non-hydrogen) atoms. The number of aryl methyl sites for hydroxylation is 3. The van der Waals surface area contributed by atoms with Crippen LogP contribution < -0.4 is 4.48 Å². The van der Waals surface area contributed by atoms with Gasteiger partial charge in [0.25, 0.3) is 6.67 Å². The molecular formula is C24H26N2+2. The standard InChI is InChI=1S/C24H26N2/c1-18-13-14-24-21(15-18)16-25(22-11-7-5-9-19(22)2)17-26(24,4)23-12-8-6-10-20(23)3/h5-16H,17H2,1-4H3/q+2. The van der Waals surface area contributed by atoms with Gasteiger partial charge in [-0.15, -0.1) is 4.58 Å². The highest BCUT2D eigenvalue weighted by Gasteiger charge is 2.40. The Morgan fingerprint density at radius 1 is 0.769 bits per heavy atom. The summed E-state index contributed by atoms with van der Waals surface area (Å²) in [6.45, 7) is 7.45. The van der Waals surface area contributed by atoms with E-state index in [1.807, 2.05) is 0 Å². The molecule has 4 rings (SSSR count). The number of quaternary nitrogens is 1. The molecule has 0 aromatic heterocycles. The molecule has 0 bridgehead atoms. The molecule has 3 aromatic carbocycles. The van der Waals surface area contributed by atoms with Crippen molar-refractivity contribution < 1.29 is 4.58 Å². The average molecular weight is 342 g/mol. The lowest BCUT2D eigenvalue weighted by atomic mass is 10.0. The minimum absolute atomic E-state index is 0.771. The molecular weight excluding hydrogens is 316 g/mol. The van der Waals surface area contributed by atoms with Crippen molar-refractivity contribution in [2.45, 2.75) is 20.8 Å². The molecule has 1 aliphatic heterocycles. The molecule has 1 atom stereocenters. The number of fused-ring (bicyclic) bond motifs is 1. The monoisotopic (exact) mass is 342 g/mol. The zero-order valence-electron chi connectivity index (χ0n) is 16.0. The zero-order chi connectivity index (χ0) is 18.3. The molecule has 2 heteroatoms. The second-order valence-electron chi connectivity index (χ2n) is 7.57. The topological polar surface area (TPSA) is 3.01 Å². The third-order valence-electron chi connectivity index (χ3n) is 5.52. The van der Waals surface area contributed by atoms with Crippen molar-refractivity contribution in [2.75, 3.05) is 13.7 Å². The van der Waals surface area contributed by atoms with Crippen molar-refractivity contribution in [1.82, 2.24) is 4.48 Å². The molecule has 0 saturated carbocycles. The molecule has 1 heterocycles. The van der Waals surface area contributed by atoms with Crippen molar-refractivity contribution in [3.05, 3.63) is 89.0 Å². The van der Waals surface area contributed by atoms with E-state index in [2.05, 4.69) is 105 Å². The number of hydrogen-bond donors (Lipinski definition) is 0. The molecule has 1 aliphatic rings. The number of nitrogens with zero attached hydrogens (tertiary/aromatic N) is 2. The van der Waals surface area contributed by atoms with Gasteiger partial charge in [0.1, 0.15) is 11.3 Å². The molecule has 2 nitrogen and oxygen atoms in total. The van der Waals surface area contributed by atoms with Gasteiger partial charge in [0.2, 0.25) is 5.69 Å². The van der Waals surface area contributed by atoms with Crippen molar-refractivity contribution in [2.24, 2.45) is 0 Å². The summed E-state index contributed by atoms with van der Waals surface area (Å²) in [5.41, 5.74) is 9.20. The van der Waals surface area contributed by atoms with Gasteiger partial charge in [0.15, 0.2) is 11.9 Å². The van der Waals surface area contributed by atoms with E-state index in [1.54, 1.807) is 0 Å². The van der Waals surface area contributed by atoms with Crippen molar-refractivity contribution >= 4 is 23.3 Å². The molecule has 0 amide bonds. The summed E-state index contributed by atoms with van der Waals surface area (Å²) in [6.07, 6.45) is 2.31. The molecule has 0 aliphatic carbocycles. The van der Waals surface area contributed by atoms with Crippen LogP contribution in [0.2, 0.25) is 0 Å². The maximum Gasteiger partial charge on any atom is 0.285 e. The minimum Gasteiger partial charge on any atom is -0.205 e. The first kappa shape index (κ1) is 16.7. The Balaban J connectivity index is 1.97. The zero-order valence-corrected chi connectivity index (χ0v) is 16.0. The molecule has 0 fully saturated rings. The fraction of sp³-hybridized carbons (Fsp3) is 0.208. The van der Waals surface area contributed by atoms with E-state index in [0.717, 1.165) is 11.2 Å². The summed E-state index contributed by atoms with van der Waals surface area (Å²) >= 11 is 0. The van der Waals surface area contributed by atoms with E-state index in [9.17, 15) is 0 Å². The van der Waals surface area contributed by atoms with Crippen LogP contribution in [0.25, 0.3) is 0 Å². The van der Waals surface area contributed by atoms with Gasteiger partial charge >= 0.3 is 0 Å². The Bertz CT molecular complexity index is 1020. The highest BCUT2D eigenvalue weighted by molar-refractivity contribution is 5.88. The largest absolute Gasteiger partial charge is 0.285 e. The van der Waals surface area contributed by atoms with Gasteiger partial charge in [0, 0.05) is 29.3 Å². The van der Waals surface area contributed by atoms with Crippen LogP contribution in [0.5, 0.6) is 0 Å². The molecule has 0 radical (unpaired) electrons. The minimum atomic E-state index is 0.771. The van der Waals surface area contributed by atoms with E-state index in [1.165, 1.54) is 39.3 Å². The maximum absolute atomic E-state index is 2.41. The predicted octanol–water partition coefficient (Wildman–Crippen LogP) is 5.61. The van der Waals surface area contributed by atoms with Crippen LogP contribution in [0.4, 0.5) is 17.1 Å². The fourth-order valence-corrected chi connectivity index (χ4v) is 4.17. The van der Waals surface area contributed by atoms with E-state index < -0.39 is 0 Å². The summed E-state index contributed by atoms with van der Waals surface area (Å²) in [6, 6.07) is 24.2. The number of benzene rings is 3.